The molecule has 8 heteroatoms. The topological polar surface area (TPSA) is 81.7 Å². The fourth-order valence-electron chi connectivity index (χ4n) is 2.21. The molecule has 0 aliphatic rings. The molecule has 0 spiro atoms. The van der Waals surface area contributed by atoms with Crippen molar-refractivity contribution in [3.8, 4) is 0 Å². The zero-order valence-corrected chi connectivity index (χ0v) is 15.3. The normalized spacial score (nSPS) is 12.6. The molecule has 6 nitrogen and oxygen atoms in total. The lowest BCUT2D eigenvalue weighted by Gasteiger charge is -2.18. The van der Waals surface area contributed by atoms with E-state index in [9.17, 15) is 13.2 Å². The van der Waals surface area contributed by atoms with E-state index in [0.717, 1.165) is 0 Å². The molecule has 0 unspecified atom stereocenters. The van der Waals surface area contributed by atoms with Crippen LogP contribution in [-0.4, -0.2) is 35.2 Å². The minimum Gasteiger partial charge on any atom is -0.465 e. The molecule has 0 aliphatic heterocycles. The van der Waals surface area contributed by atoms with Crippen molar-refractivity contribution in [1.29, 1.82) is 0 Å². The third-order valence-corrected chi connectivity index (χ3v) is 5.36. The van der Waals surface area contributed by atoms with Crippen molar-refractivity contribution in [3.63, 3.8) is 0 Å². The van der Waals surface area contributed by atoms with Crippen LogP contribution in [0.15, 0.2) is 53.4 Å². The van der Waals surface area contributed by atoms with E-state index in [0.29, 0.717) is 10.6 Å². The van der Waals surface area contributed by atoms with Gasteiger partial charge in [0, 0.05) is 24.2 Å². The molecule has 2 rings (SSSR count). The van der Waals surface area contributed by atoms with Crippen LogP contribution >= 0.6 is 11.6 Å². The van der Waals surface area contributed by atoms with Gasteiger partial charge in [-0.05, 0) is 30.3 Å². The van der Waals surface area contributed by atoms with Gasteiger partial charge in [-0.25, -0.2) is 17.9 Å². The second-order valence-corrected chi connectivity index (χ2v) is 7.29. The number of benzene rings is 2. The zero-order valence-electron chi connectivity index (χ0n) is 13.7. The Balaban J connectivity index is 2.12. The maximum Gasteiger partial charge on any atom is 0.337 e. The predicted molar refractivity (Wildman–Crippen MR) is 94.2 cm³/mol. The highest BCUT2D eigenvalue weighted by atomic mass is 35.5. The van der Waals surface area contributed by atoms with E-state index < -0.39 is 22.1 Å². The summed E-state index contributed by atoms with van der Waals surface area (Å²) in [5.41, 5.74) is 0.961. The van der Waals surface area contributed by atoms with Crippen molar-refractivity contribution in [3.05, 3.63) is 64.7 Å². The number of carbonyl (C=O) groups excluding carboxylic acids is 1. The van der Waals surface area contributed by atoms with Crippen molar-refractivity contribution in [2.45, 2.75) is 11.0 Å². The number of esters is 1. The Kier molecular flexibility index (Phi) is 6.55. The highest BCUT2D eigenvalue weighted by Gasteiger charge is 2.20. The van der Waals surface area contributed by atoms with Crippen LogP contribution in [0.25, 0.3) is 0 Å². The number of hydrogen-bond acceptors (Lipinski definition) is 5. The molecule has 0 radical (unpaired) electrons. The fourth-order valence-corrected chi connectivity index (χ4v) is 3.50. The van der Waals surface area contributed by atoms with Gasteiger partial charge in [-0.2, -0.15) is 0 Å². The molecule has 134 valence electrons. The Morgan fingerprint density at radius 1 is 1.12 bits per heavy atom. The van der Waals surface area contributed by atoms with Crippen LogP contribution in [-0.2, 0) is 19.5 Å². The molecule has 1 N–H and O–H groups in total. The molecule has 2 aromatic rings. The first-order chi connectivity index (χ1) is 11.9. The summed E-state index contributed by atoms with van der Waals surface area (Å²) in [5, 5.41) is 0.496. The Bertz CT molecular complexity index is 836. The van der Waals surface area contributed by atoms with E-state index in [1.54, 1.807) is 24.3 Å². The summed E-state index contributed by atoms with van der Waals surface area (Å²) in [4.78, 5) is 11.4. The third kappa shape index (κ3) is 4.79. The smallest absolute Gasteiger partial charge is 0.337 e. The molecule has 0 heterocycles. The largest absolute Gasteiger partial charge is 0.465 e. The number of ether oxygens (including phenoxy) is 2. The Labute approximate surface area is 151 Å². The second-order valence-electron chi connectivity index (χ2n) is 5.11. The monoisotopic (exact) mass is 383 g/mol. The van der Waals surface area contributed by atoms with E-state index in [2.05, 4.69) is 9.46 Å². The second kappa shape index (κ2) is 8.44. The van der Waals surface area contributed by atoms with Crippen molar-refractivity contribution >= 4 is 27.6 Å². The summed E-state index contributed by atoms with van der Waals surface area (Å²) in [6, 6.07) is 12.5. The summed E-state index contributed by atoms with van der Waals surface area (Å²) >= 11 is 6.12. The van der Waals surface area contributed by atoms with Crippen molar-refractivity contribution in [2.75, 3.05) is 20.8 Å². The predicted octanol–water partition coefficient (Wildman–Crippen LogP) is 2.79. The number of carbonyl (C=O) groups is 1. The number of methoxy groups -OCH3 is 2. The van der Waals surface area contributed by atoms with Gasteiger partial charge in [0.15, 0.2) is 0 Å². The molecule has 0 amide bonds. The van der Waals surface area contributed by atoms with Gasteiger partial charge >= 0.3 is 5.97 Å². The lowest BCUT2D eigenvalue weighted by Crippen LogP contribution is -2.29. The first kappa shape index (κ1) is 19.4. The van der Waals surface area contributed by atoms with Crippen molar-refractivity contribution in [2.24, 2.45) is 0 Å². The maximum absolute atomic E-state index is 12.4. The Hall–Kier alpha value is -1.93. The quantitative estimate of drug-likeness (QED) is 0.743. The lowest BCUT2D eigenvalue weighted by molar-refractivity contribution is 0.0600. The number of nitrogens with one attached hydrogen (secondary N) is 1. The van der Waals surface area contributed by atoms with E-state index in [1.165, 1.54) is 38.5 Å². The van der Waals surface area contributed by atoms with E-state index >= 15 is 0 Å². The van der Waals surface area contributed by atoms with Gasteiger partial charge in [-0.15, -0.1) is 0 Å². The SMILES string of the molecule is COC(=O)c1ccc(S(=O)(=O)NC[C@@H](OC)c2ccccc2Cl)cc1. The molecule has 2 aromatic carbocycles. The van der Waals surface area contributed by atoms with Crippen molar-refractivity contribution < 1.29 is 22.7 Å². The molecule has 0 bridgehead atoms. The van der Waals surface area contributed by atoms with E-state index in [1.807, 2.05) is 0 Å². The van der Waals surface area contributed by atoms with E-state index in [-0.39, 0.29) is 17.0 Å². The van der Waals surface area contributed by atoms with Gasteiger partial charge in [-0.3, -0.25) is 0 Å². The van der Waals surface area contributed by atoms with E-state index in [4.69, 9.17) is 16.3 Å². The summed E-state index contributed by atoms with van der Waals surface area (Å²) in [5.74, 6) is -0.532. The van der Waals surface area contributed by atoms with Crippen LogP contribution in [0, 0.1) is 0 Å². The van der Waals surface area contributed by atoms with Crippen LogP contribution in [0.2, 0.25) is 5.02 Å². The first-order valence-corrected chi connectivity index (χ1v) is 9.20. The molecule has 0 aromatic heterocycles. The standard InChI is InChI=1S/C17H18ClNO5S/c1-23-16(14-5-3-4-6-15(14)18)11-19-25(21,22)13-9-7-12(8-10-13)17(20)24-2/h3-10,16,19H,11H2,1-2H3/t16-/m1/s1. The Morgan fingerprint density at radius 2 is 1.76 bits per heavy atom. The molecule has 25 heavy (non-hydrogen) atoms. The Morgan fingerprint density at radius 3 is 2.32 bits per heavy atom. The lowest BCUT2D eigenvalue weighted by atomic mass is 10.1. The van der Waals surface area contributed by atoms with Crippen LogP contribution in [0.3, 0.4) is 0 Å². The summed E-state index contributed by atoms with van der Waals surface area (Å²) in [6.45, 7) is 0.0152. The molecule has 0 saturated carbocycles. The molecular formula is C17H18ClNO5S. The van der Waals surface area contributed by atoms with Crippen LogP contribution in [0.4, 0.5) is 0 Å². The number of rotatable bonds is 7. The van der Waals surface area contributed by atoms with Gasteiger partial charge in [0.25, 0.3) is 0 Å². The fraction of sp³-hybridized carbons (Fsp3) is 0.235. The minimum atomic E-state index is -3.76. The molecule has 0 saturated heterocycles. The minimum absolute atomic E-state index is 0.0152. The van der Waals surface area contributed by atoms with Gasteiger partial charge < -0.3 is 9.47 Å². The summed E-state index contributed by atoms with van der Waals surface area (Å²) in [6.07, 6.45) is -0.530. The van der Waals surface area contributed by atoms with Gasteiger partial charge in [-0.1, -0.05) is 29.8 Å². The number of sulfonamides is 1. The molecular weight excluding hydrogens is 366 g/mol. The zero-order chi connectivity index (χ0) is 18.4. The van der Waals surface area contributed by atoms with Crippen LogP contribution in [0.5, 0.6) is 0 Å². The third-order valence-electron chi connectivity index (χ3n) is 3.58. The highest BCUT2D eigenvalue weighted by molar-refractivity contribution is 7.89. The molecule has 0 aliphatic carbocycles. The van der Waals surface area contributed by atoms with Gasteiger partial charge in [0.1, 0.15) is 0 Å². The average Bonchev–Trinajstić information content (AvgIpc) is 2.63. The average molecular weight is 384 g/mol. The number of halogens is 1. The molecule has 0 fully saturated rings. The van der Waals surface area contributed by atoms with Gasteiger partial charge in [0.2, 0.25) is 10.0 Å². The molecule has 1 atom stereocenters. The van der Waals surface area contributed by atoms with Crippen LogP contribution < -0.4 is 4.72 Å². The first-order valence-electron chi connectivity index (χ1n) is 7.34. The highest BCUT2D eigenvalue weighted by Crippen LogP contribution is 2.25. The van der Waals surface area contributed by atoms with Crippen LogP contribution in [0.1, 0.15) is 22.0 Å². The summed E-state index contributed by atoms with van der Waals surface area (Å²) in [7, 11) is -1.02. The number of hydrogen-bond donors (Lipinski definition) is 1. The van der Waals surface area contributed by atoms with Crippen molar-refractivity contribution in [1.82, 2.24) is 4.72 Å². The maximum atomic E-state index is 12.4. The summed E-state index contributed by atoms with van der Waals surface area (Å²) < 4.78 is 37.2. The van der Waals surface area contributed by atoms with Gasteiger partial charge in [0.05, 0.1) is 23.7 Å².